The van der Waals surface area contributed by atoms with Gasteiger partial charge in [-0.2, -0.15) is 5.26 Å². The molecule has 0 N–H and O–H groups in total. The van der Waals surface area contributed by atoms with E-state index in [0.29, 0.717) is 18.5 Å². The van der Waals surface area contributed by atoms with Crippen molar-refractivity contribution in [2.24, 2.45) is 0 Å². The summed E-state index contributed by atoms with van der Waals surface area (Å²) in [4.78, 5) is 11.1. The monoisotopic (exact) mass is 221 g/mol. The summed E-state index contributed by atoms with van der Waals surface area (Å²) < 4.78 is 6.37. The molecule has 0 bridgehead atoms. The van der Waals surface area contributed by atoms with E-state index in [0.717, 1.165) is 0 Å². The molecule has 1 rings (SSSR count). The predicted octanol–water partition coefficient (Wildman–Crippen LogP) is 1.70. The summed E-state index contributed by atoms with van der Waals surface area (Å²) >= 11 is 0. The van der Waals surface area contributed by atoms with Crippen molar-refractivity contribution >= 4 is 5.97 Å². The summed E-state index contributed by atoms with van der Waals surface area (Å²) in [5.41, 5.74) is 0.493. The van der Waals surface area contributed by atoms with Crippen LogP contribution in [0, 0.1) is 11.3 Å². The van der Waals surface area contributed by atoms with Crippen LogP contribution in [0.2, 0.25) is 0 Å². The van der Waals surface area contributed by atoms with Crippen LogP contribution in [0.15, 0.2) is 24.5 Å². The van der Waals surface area contributed by atoms with Gasteiger partial charge in [-0.15, -0.1) is 0 Å². The minimum Gasteiger partial charge on any atom is -0.465 e. The van der Waals surface area contributed by atoms with E-state index in [1.807, 2.05) is 26.1 Å². The van der Waals surface area contributed by atoms with Crippen LogP contribution in [0.3, 0.4) is 0 Å². The van der Waals surface area contributed by atoms with E-state index in [9.17, 15) is 4.79 Å². The van der Waals surface area contributed by atoms with E-state index < -0.39 is 0 Å². The van der Waals surface area contributed by atoms with Gasteiger partial charge in [0.2, 0.25) is 0 Å². The first-order chi connectivity index (χ1) is 7.77. The highest BCUT2D eigenvalue weighted by Crippen LogP contribution is 1.96. The number of ether oxygens (including phenoxy) is 1. The Bertz CT molecular complexity index is 370. The van der Waals surface area contributed by atoms with Gasteiger partial charge in [0.1, 0.15) is 5.56 Å². The summed E-state index contributed by atoms with van der Waals surface area (Å²) in [6.07, 6.45) is 3.91. The van der Waals surface area contributed by atoms with Gasteiger partial charge in [0, 0.05) is 6.07 Å². The number of pyridine rings is 1. The van der Waals surface area contributed by atoms with Crippen LogP contribution in [0.1, 0.15) is 30.6 Å². The van der Waals surface area contributed by atoms with Crippen LogP contribution in [-0.2, 0) is 11.3 Å². The highest BCUT2D eigenvalue weighted by atomic mass is 16.5. The van der Waals surface area contributed by atoms with Crippen molar-refractivity contribution in [3.05, 3.63) is 30.1 Å². The zero-order valence-corrected chi connectivity index (χ0v) is 9.93. The number of esters is 1. The molecule has 0 aliphatic heterocycles. The third-order valence-electron chi connectivity index (χ3n) is 1.76. The molecule has 0 unspecified atom stereocenters. The number of aryl methyl sites for hydroxylation is 1. The highest BCUT2D eigenvalue weighted by Gasteiger charge is 2.09. The minimum absolute atomic E-state index is 0.365. The zero-order valence-electron chi connectivity index (χ0n) is 9.93. The lowest BCUT2D eigenvalue weighted by atomic mass is 10.3. The van der Waals surface area contributed by atoms with Crippen molar-refractivity contribution in [1.29, 1.82) is 5.26 Å². The number of nitrogens with zero attached hydrogens (tertiary/aromatic N) is 2. The molecule has 0 aliphatic rings. The Kier molecular flexibility index (Phi) is 7.43. The summed E-state index contributed by atoms with van der Waals surface area (Å²) in [7, 11) is 1.34. The summed E-state index contributed by atoms with van der Waals surface area (Å²) in [6, 6.07) is 5.47. The van der Waals surface area contributed by atoms with E-state index >= 15 is 0 Å². The fourth-order valence-corrected chi connectivity index (χ4v) is 1.08. The van der Waals surface area contributed by atoms with Crippen LogP contribution >= 0.6 is 0 Å². The fourth-order valence-electron chi connectivity index (χ4n) is 1.08. The Morgan fingerprint density at radius 3 is 2.81 bits per heavy atom. The summed E-state index contributed by atoms with van der Waals surface area (Å²) in [6.45, 7) is 4.58. The molecule has 1 aromatic rings. The van der Waals surface area contributed by atoms with Gasteiger partial charge in [-0.3, -0.25) is 0 Å². The smallest absolute Gasteiger partial charge is 0.343 e. The molecule has 86 valence electrons. The number of carbonyl (C=O) groups is 1. The average Bonchev–Trinajstić information content (AvgIpc) is 2.38. The van der Waals surface area contributed by atoms with Gasteiger partial charge in [-0.05, 0) is 6.07 Å². The van der Waals surface area contributed by atoms with E-state index in [2.05, 4.69) is 4.74 Å². The van der Waals surface area contributed by atoms with E-state index in [1.165, 1.54) is 7.11 Å². The maximum absolute atomic E-state index is 11.1. The molecule has 0 aromatic carbocycles. The highest BCUT2D eigenvalue weighted by molar-refractivity contribution is 5.88. The maximum atomic E-state index is 11.1. The van der Waals surface area contributed by atoms with Crippen LogP contribution in [0.25, 0.3) is 0 Å². The third kappa shape index (κ3) is 4.56. The van der Waals surface area contributed by atoms with Gasteiger partial charge in [0.25, 0.3) is 0 Å². The molecule has 0 amide bonds. The Labute approximate surface area is 96.1 Å². The Morgan fingerprint density at radius 2 is 2.25 bits per heavy atom. The number of aromatic nitrogens is 1. The minimum atomic E-state index is -0.365. The normalized spacial score (nSPS) is 8.38. The van der Waals surface area contributed by atoms with Gasteiger partial charge in [-0.1, -0.05) is 13.8 Å². The lowest BCUT2D eigenvalue weighted by Crippen LogP contribution is -2.33. The van der Waals surface area contributed by atoms with E-state index in [4.69, 9.17) is 5.26 Å². The fraction of sp³-hybridized carbons (Fsp3) is 0.417. The quantitative estimate of drug-likeness (QED) is 0.576. The molecule has 0 radical (unpaired) electrons. The van der Waals surface area contributed by atoms with Crippen molar-refractivity contribution in [2.75, 3.05) is 7.11 Å². The number of hydrogen-bond acceptors (Lipinski definition) is 3. The third-order valence-corrected chi connectivity index (χ3v) is 1.76. The topological polar surface area (TPSA) is 54.0 Å². The van der Waals surface area contributed by atoms with Crippen molar-refractivity contribution in [3.8, 4) is 6.07 Å². The molecule has 1 heterocycles. The molecule has 4 nitrogen and oxygen atoms in total. The largest absolute Gasteiger partial charge is 0.465 e. The van der Waals surface area contributed by atoms with Crippen molar-refractivity contribution in [2.45, 2.75) is 26.8 Å². The number of hydrogen-bond donors (Lipinski definition) is 0. The molecule has 16 heavy (non-hydrogen) atoms. The maximum Gasteiger partial charge on any atom is 0.343 e. The van der Waals surface area contributed by atoms with Gasteiger partial charge in [-0.25, -0.2) is 9.36 Å². The van der Waals surface area contributed by atoms with Crippen LogP contribution in [0.4, 0.5) is 0 Å². The molecule has 0 spiro atoms. The molecule has 0 atom stereocenters. The molecule has 0 saturated heterocycles. The summed E-state index contributed by atoms with van der Waals surface area (Å²) in [5, 5.41) is 8.40. The second-order valence-corrected chi connectivity index (χ2v) is 2.73. The first kappa shape index (κ1) is 14.1. The molecule has 0 saturated carbocycles. The van der Waals surface area contributed by atoms with Gasteiger partial charge >= 0.3 is 5.97 Å². The SMILES string of the molecule is CC.COC(=O)c1ccc[n+](CCC#N)c1. The number of rotatable bonds is 3. The molecule has 0 aliphatic carbocycles. The molecular weight excluding hydrogens is 204 g/mol. The predicted molar refractivity (Wildman–Crippen MR) is 59.6 cm³/mol. The summed E-state index contributed by atoms with van der Waals surface area (Å²) in [5.74, 6) is -0.365. The average molecular weight is 221 g/mol. The van der Waals surface area contributed by atoms with Crippen LogP contribution in [-0.4, -0.2) is 13.1 Å². The van der Waals surface area contributed by atoms with E-state index in [1.54, 1.807) is 22.9 Å². The second-order valence-electron chi connectivity index (χ2n) is 2.73. The van der Waals surface area contributed by atoms with Gasteiger partial charge < -0.3 is 4.74 Å². The van der Waals surface area contributed by atoms with Gasteiger partial charge in [0.15, 0.2) is 18.9 Å². The molecule has 0 fully saturated rings. The zero-order chi connectivity index (χ0) is 12.4. The number of carbonyl (C=O) groups excluding carboxylic acids is 1. The second kappa shape index (κ2) is 8.42. The van der Waals surface area contributed by atoms with Crippen molar-refractivity contribution in [3.63, 3.8) is 0 Å². The van der Waals surface area contributed by atoms with Crippen LogP contribution < -0.4 is 4.57 Å². The van der Waals surface area contributed by atoms with Crippen LogP contribution in [0.5, 0.6) is 0 Å². The molecule has 1 aromatic heterocycles. The first-order valence-electron chi connectivity index (χ1n) is 5.22. The Hall–Kier alpha value is -1.89. The van der Waals surface area contributed by atoms with Gasteiger partial charge in [0.05, 0.1) is 19.6 Å². The lowest BCUT2D eigenvalue weighted by molar-refractivity contribution is -0.696. The standard InChI is InChI=1S/C10H11N2O2.C2H6/c1-14-10(13)9-4-2-6-12(8-9)7-3-5-11;1-2/h2,4,6,8H,3,7H2,1H3;1-2H3/q+1;. The van der Waals surface area contributed by atoms with Crippen molar-refractivity contribution in [1.82, 2.24) is 0 Å². The Morgan fingerprint density at radius 1 is 1.56 bits per heavy atom. The number of methoxy groups -OCH3 is 1. The molecular formula is C12H17N2O2+. The Balaban J connectivity index is 0.00000106. The first-order valence-corrected chi connectivity index (χ1v) is 5.22. The van der Waals surface area contributed by atoms with Crippen molar-refractivity contribution < 1.29 is 14.1 Å². The lowest BCUT2D eigenvalue weighted by Gasteiger charge is -1.97. The van der Waals surface area contributed by atoms with E-state index in [-0.39, 0.29) is 5.97 Å². The number of nitriles is 1. The molecule has 4 heteroatoms.